The molecule has 0 bridgehead atoms. The minimum Gasteiger partial charge on any atom is -0.326 e. The monoisotopic (exact) mass is 247 g/mol. The van der Waals surface area contributed by atoms with Crippen LogP contribution in [0.2, 0.25) is 0 Å². The average molecular weight is 247 g/mol. The van der Waals surface area contributed by atoms with Crippen LogP contribution in [-0.4, -0.2) is 9.38 Å². The third-order valence-electron chi connectivity index (χ3n) is 2.63. The zero-order chi connectivity index (χ0) is 11.8. The molecular weight excluding hydrogens is 237 g/mol. The van der Waals surface area contributed by atoms with Crippen LogP contribution in [0.15, 0.2) is 36.7 Å². The van der Waals surface area contributed by atoms with Crippen molar-refractivity contribution in [1.82, 2.24) is 9.38 Å². The molecular formula is C12H10FN3S. The Hall–Kier alpha value is -1.72. The summed E-state index contributed by atoms with van der Waals surface area (Å²) in [5.41, 5.74) is 7.70. The molecule has 5 heteroatoms. The number of hydrogen-bond acceptors (Lipinski definition) is 3. The largest absolute Gasteiger partial charge is 0.326 e. The van der Waals surface area contributed by atoms with Gasteiger partial charge in [0, 0.05) is 23.8 Å². The van der Waals surface area contributed by atoms with Gasteiger partial charge in [0.05, 0.1) is 5.69 Å². The molecule has 0 aliphatic heterocycles. The number of imidazole rings is 1. The molecule has 2 aromatic heterocycles. The summed E-state index contributed by atoms with van der Waals surface area (Å²) in [6.07, 6.45) is 3.64. The summed E-state index contributed by atoms with van der Waals surface area (Å²) in [4.78, 5) is 6.21. The molecule has 0 aliphatic carbocycles. The second-order valence-electron chi connectivity index (χ2n) is 3.66. The van der Waals surface area contributed by atoms with E-state index >= 15 is 0 Å². The van der Waals surface area contributed by atoms with Gasteiger partial charge in [0.25, 0.3) is 0 Å². The fourth-order valence-electron chi connectivity index (χ4n) is 1.87. The van der Waals surface area contributed by atoms with Crippen molar-refractivity contribution in [3.05, 3.63) is 47.4 Å². The lowest BCUT2D eigenvalue weighted by Crippen LogP contribution is -1.97. The van der Waals surface area contributed by atoms with Gasteiger partial charge in [-0.1, -0.05) is 11.3 Å². The van der Waals surface area contributed by atoms with Crippen LogP contribution in [0.25, 0.3) is 16.2 Å². The van der Waals surface area contributed by atoms with Crippen LogP contribution in [0.4, 0.5) is 4.39 Å². The standard InChI is InChI=1S/C12H10FN3S/c13-9-3-1-8(2-4-9)11-10(7-14)17-12-15-5-6-16(11)12/h1-6H,7,14H2. The summed E-state index contributed by atoms with van der Waals surface area (Å²) < 4.78 is 14.9. The van der Waals surface area contributed by atoms with Crippen molar-refractivity contribution in [2.45, 2.75) is 6.54 Å². The number of aromatic nitrogens is 2. The molecule has 0 amide bonds. The van der Waals surface area contributed by atoms with Gasteiger partial charge in [-0.25, -0.2) is 9.37 Å². The highest BCUT2D eigenvalue weighted by molar-refractivity contribution is 7.17. The normalized spacial score (nSPS) is 11.2. The number of halogens is 1. The first-order chi connectivity index (χ1) is 8.29. The SMILES string of the molecule is NCc1sc2nccn2c1-c1ccc(F)cc1. The van der Waals surface area contributed by atoms with Crippen molar-refractivity contribution in [2.75, 3.05) is 0 Å². The van der Waals surface area contributed by atoms with Crippen molar-refractivity contribution in [2.24, 2.45) is 5.73 Å². The smallest absolute Gasteiger partial charge is 0.194 e. The zero-order valence-corrected chi connectivity index (χ0v) is 9.75. The summed E-state index contributed by atoms with van der Waals surface area (Å²) in [5, 5.41) is 0. The number of hydrogen-bond donors (Lipinski definition) is 1. The molecule has 0 unspecified atom stereocenters. The Morgan fingerprint density at radius 1 is 1.29 bits per heavy atom. The number of thiazole rings is 1. The van der Waals surface area contributed by atoms with E-state index in [1.807, 2.05) is 10.6 Å². The number of fused-ring (bicyclic) bond motifs is 1. The summed E-state index contributed by atoms with van der Waals surface area (Å²) in [5.74, 6) is -0.236. The van der Waals surface area contributed by atoms with E-state index in [0.29, 0.717) is 6.54 Å². The molecule has 0 spiro atoms. The van der Waals surface area contributed by atoms with Crippen molar-refractivity contribution in [3.8, 4) is 11.3 Å². The predicted molar refractivity (Wildman–Crippen MR) is 66.4 cm³/mol. The molecule has 3 aromatic rings. The number of benzene rings is 1. The Bertz CT molecular complexity index is 654. The predicted octanol–water partition coefficient (Wildman–Crippen LogP) is 2.66. The quantitative estimate of drug-likeness (QED) is 0.756. The molecule has 86 valence electrons. The zero-order valence-electron chi connectivity index (χ0n) is 8.93. The summed E-state index contributed by atoms with van der Waals surface area (Å²) >= 11 is 1.56. The molecule has 0 radical (unpaired) electrons. The van der Waals surface area contributed by atoms with Crippen LogP contribution < -0.4 is 5.73 Å². The second-order valence-corrected chi connectivity index (χ2v) is 4.73. The van der Waals surface area contributed by atoms with Crippen LogP contribution in [0.3, 0.4) is 0 Å². The van der Waals surface area contributed by atoms with Gasteiger partial charge in [-0.05, 0) is 29.8 Å². The van der Waals surface area contributed by atoms with Gasteiger partial charge in [0.2, 0.25) is 0 Å². The lowest BCUT2D eigenvalue weighted by Gasteiger charge is -2.03. The maximum Gasteiger partial charge on any atom is 0.194 e. The highest BCUT2D eigenvalue weighted by Crippen LogP contribution is 2.31. The van der Waals surface area contributed by atoms with Gasteiger partial charge in [0.1, 0.15) is 5.82 Å². The van der Waals surface area contributed by atoms with Gasteiger partial charge in [-0.15, -0.1) is 0 Å². The Labute approximate surface area is 101 Å². The van der Waals surface area contributed by atoms with E-state index in [0.717, 1.165) is 21.1 Å². The van der Waals surface area contributed by atoms with Gasteiger partial charge in [-0.3, -0.25) is 4.40 Å². The maximum atomic E-state index is 12.9. The van der Waals surface area contributed by atoms with E-state index in [-0.39, 0.29) is 5.82 Å². The highest BCUT2D eigenvalue weighted by Gasteiger charge is 2.13. The van der Waals surface area contributed by atoms with Crippen molar-refractivity contribution >= 4 is 16.3 Å². The summed E-state index contributed by atoms with van der Waals surface area (Å²) in [6, 6.07) is 6.43. The van der Waals surface area contributed by atoms with Gasteiger partial charge in [-0.2, -0.15) is 0 Å². The molecule has 0 atom stereocenters. The van der Waals surface area contributed by atoms with E-state index < -0.39 is 0 Å². The molecule has 0 saturated heterocycles. The van der Waals surface area contributed by atoms with E-state index in [1.54, 1.807) is 29.7 Å². The van der Waals surface area contributed by atoms with E-state index in [2.05, 4.69) is 4.98 Å². The maximum absolute atomic E-state index is 12.9. The minimum absolute atomic E-state index is 0.236. The van der Waals surface area contributed by atoms with Crippen LogP contribution >= 0.6 is 11.3 Å². The molecule has 0 aliphatic rings. The van der Waals surface area contributed by atoms with Gasteiger partial charge < -0.3 is 5.73 Å². The lowest BCUT2D eigenvalue weighted by molar-refractivity contribution is 0.628. The number of rotatable bonds is 2. The van der Waals surface area contributed by atoms with Crippen LogP contribution in [0.1, 0.15) is 4.88 Å². The summed E-state index contributed by atoms with van der Waals surface area (Å²) in [6.45, 7) is 0.459. The first kappa shape index (κ1) is 10.4. The van der Waals surface area contributed by atoms with E-state index in [9.17, 15) is 4.39 Å². The summed E-state index contributed by atoms with van der Waals surface area (Å²) in [7, 11) is 0. The Morgan fingerprint density at radius 3 is 2.76 bits per heavy atom. The van der Waals surface area contributed by atoms with Crippen LogP contribution in [0, 0.1) is 5.82 Å². The fraction of sp³-hybridized carbons (Fsp3) is 0.0833. The number of nitrogens with two attached hydrogens (primary N) is 1. The minimum atomic E-state index is -0.236. The topological polar surface area (TPSA) is 43.3 Å². The van der Waals surface area contributed by atoms with Crippen LogP contribution in [0.5, 0.6) is 0 Å². The van der Waals surface area contributed by atoms with Gasteiger partial charge in [0.15, 0.2) is 4.96 Å². The fourth-order valence-corrected chi connectivity index (χ4v) is 2.86. The lowest BCUT2D eigenvalue weighted by atomic mass is 10.1. The molecule has 2 N–H and O–H groups in total. The van der Waals surface area contributed by atoms with Crippen molar-refractivity contribution in [3.63, 3.8) is 0 Å². The Balaban J connectivity index is 2.26. The molecule has 0 fully saturated rings. The van der Waals surface area contributed by atoms with Crippen molar-refractivity contribution < 1.29 is 4.39 Å². The van der Waals surface area contributed by atoms with Crippen molar-refractivity contribution in [1.29, 1.82) is 0 Å². The highest BCUT2D eigenvalue weighted by atomic mass is 32.1. The molecule has 2 heterocycles. The first-order valence-corrected chi connectivity index (χ1v) is 6.02. The second kappa shape index (κ2) is 3.94. The molecule has 17 heavy (non-hydrogen) atoms. The molecule has 3 rings (SSSR count). The molecule has 3 nitrogen and oxygen atoms in total. The molecule has 0 saturated carbocycles. The Morgan fingerprint density at radius 2 is 2.06 bits per heavy atom. The van der Waals surface area contributed by atoms with E-state index in [1.165, 1.54) is 12.1 Å². The Kier molecular flexibility index (Phi) is 2.42. The van der Waals surface area contributed by atoms with E-state index in [4.69, 9.17) is 5.73 Å². The third-order valence-corrected chi connectivity index (χ3v) is 3.72. The van der Waals surface area contributed by atoms with Gasteiger partial charge >= 0.3 is 0 Å². The molecule has 1 aromatic carbocycles. The number of nitrogens with zero attached hydrogens (tertiary/aromatic N) is 2. The third kappa shape index (κ3) is 1.64. The first-order valence-electron chi connectivity index (χ1n) is 5.20. The average Bonchev–Trinajstić information content (AvgIpc) is 2.89. The van der Waals surface area contributed by atoms with Crippen LogP contribution in [-0.2, 0) is 6.54 Å².